The number of nitrogens with one attached hydrogen (secondary N) is 1. The van der Waals surface area contributed by atoms with E-state index in [0.717, 1.165) is 39.2 Å². The van der Waals surface area contributed by atoms with Crippen LogP contribution in [0.1, 0.15) is 38.2 Å². The Morgan fingerprint density at radius 3 is 2.45 bits per heavy atom. The highest BCUT2D eigenvalue weighted by Gasteiger charge is 2.11. The minimum absolute atomic E-state index is 0.515. The lowest BCUT2D eigenvalue weighted by Gasteiger charge is -2.20. The van der Waals surface area contributed by atoms with Crippen LogP contribution in [0.2, 0.25) is 0 Å². The molecule has 1 unspecified atom stereocenters. The van der Waals surface area contributed by atoms with Gasteiger partial charge in [0.25, 0.3) is 0 Å². The number of rotatable bonds is 11. The molecule has 0 bridgehead atoms. The van der Waals surface area contributed by atoms with Gasteiger partial charge in [0.1, 0.15) is 0 Å². The quantitative estimate of drug-likeness (QED) is 0.631. The summed E-state index contributed by atoms with van der Waals surface area (Å²) >= 11 is 0. The van der Waals surface area contributed by atoms with E-state index < -0.39 is 0 Å². The summed E-state index contributed by atoms with van der Waals surface area (Å²) in [7, 11) is 1.73. The van der Waals surface area contributed by atoms with Crippen molar-refractivity contribution in [3.05, 3.63) is 35.9 Å². The Kier molecular flexibility index (Phi) is 9.29. The second-order valence-electron chi connectivity index (χ2n) is 5.42. The lowest BCUT2D eigenvalue weighted by atomic mass is 9.96. The fraction of sp³-hybridized carbons (Fsp3) is 0.647. The summed E-state index contributed by atoms with van der Waals surface area (Å²) < 4.78 is 10.7. The normalized spacial score (nSPS) is 12.8. The Labute approximate surface area is 123 Å². The first-order chi connectivity index (χ1) is 9.74. The molecule has 1 atom stereocenters. The first kappa shape index (κ1) is 17.2. The molecule has 0 aromatic heterocycles. The average molecular weight is 279 g/mol. The molecule has 0 fully saturated rings. The van der Waals surface area contributed by atoms with Gasteiger partial charge in [-0.25, -0.2) is 0 Å². The third-order valence-corrected chi connectivity index (χ3v) is 3.29. The van der Waals surface area contributed by atoms with Gasteiger partial charge in [0.2, 0.25) is 0 Å². The van der Waals surface area contributed by atoms with E-state index in [1.54, 1.807) is 7.11 Å². The summed E-state index contributed by atoms with van der Waals surface area (Å²) in [5.74, 6) is 0.515. The van der Waals surface area contributed by atoms with Crippen molar-refractivity contribution in [2.45, 2.75) is 38.6 Å². The van der Waals surface area contributed by atoms with E-state index in [9.17, 15) is 0 Å². The van der Waals surface area contributed by atoms with Crippen molar-refractivity contribution in [1.29, 1.82) is 0 Å². The fourth-order valence-corrected chi connectivity index (χ4v) is 2.12. The maximum Gasteiger partial charge on any atom is 0.0487 e. The Bertz CT molecular complexity index is 327. The zero-order valence-corrected chi connectivity index (χ0v) is 13.1. The molecule has 20 heavy (non-hydrogen) atoms. The van der Waals surface area contributed by atoms with E-state index in [1.165, 1.54) is 5.56 Å². The van der Waals surface area contributed by atoms with E-state index >= 15 is 0 Å². The SMILES string of the molecule is COCCCOCCC(CNC(C)C)c1ccccc1. The number of benzene rings is 1. The summed E-state index contributed by atoms with van der Waals surface area (Å²) in [5, 5.41) is 3.53. The maximum absolute atomic E-state index is 5.69. The molecular formula is C17H29NO2. The predicted molar refractivity (Wildman–Crippen MR) is 84.3 cm³/mol. The van der Waals surface area contributed by atoms with Crippen molar-refractivity contribution in [3.63, 3.8) is 0 Å². The zero-order chi connectivity index (χ0) is 14.6. The Morgan fingerprint density at radius 2 is 1.80 bits per heavy atom. The fourth-order valence-electron chi connectivity index (χ4n) is 2.12. The van der Waals surface area contributed by atoms with E-state index in [1.807, 2.05) is 0 Å². The third kappa shape index (κ3) is 7.63. The summed E-state index contributed by atoms with van der Waals surface area (Å²) in [6, 6.07) is 11.2. The summed E-state index contributed by atoms with van der Waals surface area (Å²) in [4.78, 5) is 0. The summed E-state index contributed by atoms with van der Waals surface area (Å²) in [6.45, 7) is 7.74. The van der Waals surface area contributed by atoms with Crippen LogP contribution in [-0.2, 0) is 9.47 Å². The second-order valence-corrected chi connectivity index (χ2v) is 5.42. The van der Waals surface area contributed by atoms with Crippen LogP contribution in [0.25, 0.3) is 0 Å². The average Bonchev–Trinajstić information content (AvgIpc) is 2.46. The van der Waals surface area contributed by atoms with Crippen LogP contribution >= 0.6 is 0 Å². The lowest BCUT2D eigenvalue weighted by Crippen LogP contribution is -2.28. The van der Waals surface area contributed by atoms with Crippen LogP contribution in [0.15, 0.2) is 30.3 Å². The zero-order valence-electron chi connectivity index (χ0n) is 13.1. The maximum atomic E-state index is 5.69. The smallest absolute Gasteiger partial charge is 0.0487 e. The van der Waals surface area contributed by atoms with E-state index in [2.05, 4.69) is 49.5 Å². The molecular weight excluding hydrogens is 250 g/mol. The predicted octanol–water partition coefficient (Wildman–Crippen LogP) is 3.21. The number of hydrogen-bond acceptors (Lipinski definition) is 3. The minimum atomic E-state index is 0.515. The summed E-state index contributed by atoms with van der Waals surface area (Å²) in [6.07, 6.45) is 2.02. The Hall–Kier alpha value is -0.900. The van der Waals surface area contributed by atoms with Gasteiger partial charge in [0, 0.05) is 39.5 Å². The van der Waals surface area contributed by atoms with E-state index in [-0.39, 0.29) is 0 Å². The first-order valence-electron chi connectivity index (χ1n) is 7.59. The van der Waals surface area contributed by atoms with Gasteiger partial charge in [-0.1, -0.05) is 44.2 Å². The van der Waals surface area contributed by atoms with E-state index in [4.69, 9.17) is 9.47 Å². The molecule has 0 saturated carbocycles. The highest BCUT2D eigenvalue weighted by Crippen LogP contribution is 2.19. The molecule has 1 aromatic rings. The topological polar surface area (TPSA) is 30.5 Å². The molecule has 0 aliphatic heterocycles. The van der Waals surface area contributed by atoms with Crippen LogP contribution in [0.5, 0.6) is 0 Å². The van der Waals surface area contributed by atoms with E-state index in [0.29, 0.717) is 12.0 Å². The van der Waals surface area contributed by atoms with Crippen molar-refractivity contribution in [2.75, 3.05) is 33.5 Å². The van der Waals surface area contributed by atoms with Gasteiger partial charge < -0.3 is 14.8 Å². The molecule has 0 spiro atoms. The molecule has 0 amide bonds. The highest BCUT2D eigenvalue weighted by atomic mass is 16.5. The minimum Gasteiger partial charge on any atom is -0.385 e. The molecule has 0 heterocycles. The van der Waals surface area contributed by atoms with Crippen LogP contribution in [-0.4, -0.2) is 39.5 Å². The van der Waals surface area contributed by atoms with Crippen LogP contribution < -0.4 is 5.32 Å². The molecule has 0 aliphatic carbocycles. The van der Waals surface area contributed by atoms with Gasteiger partial charge in [0.05, 0.1) is 0 Å². The molecule has 0 aliphatic rings. The standard InChI is InChI=1S/C17H29NO2/c1-15(2)18-14-17(16-8-5-4-6-9-16)10-13-20-12-7-11-19-3/h4-6,8-9,15,17-18H,7,10-14H2,1-3H3. The van der Waals surface area contributed by atoms with Crippen molar-refractivity contribution in [3.8, 4) is 0 Å². The molecule has 0 saturated heterocycles. The molecule has 1 rings (SSSR count). The first-order valence-corrected chi connectivity index (χ1v) is 7.59. The number of methoxy groups -OCH3 is 1. The van der Waals surface area contributed by atoms with Gasteiger partial charge in [-0.3, -0.25) is 0 Å². The largest absolute Gasteiger partial charge is 0.385 e. The monoisotopic (exact) mass is 279 g/mol. The Balaban J connectivity index is 2.35. The number of ether oxygens (including phenoxy) is 2. The van der Waals surface area contributed by atoms with Gasteiger partial charge in [-0.15, -0.1) is 0 Å². The molecule has 1 N–H and O–H groups in total. The van der Waals surface area contributed by atoms with Crippen molar-refractivity contribution in [1.82, 2.24) is 5.32 Å². The van der Waals surface area contributed by atoms with Crippen molar-refractivity contribution >= 4 is 0 Å². The Morgan fingerprint density at radius 1 is 1.05 bits per heavy atom. The van der Waals surface area contributed by atoms with Crippen LogP contribution in [0.4, 0.5) is 0 Å². The second kappa shape index (κ2) is 10.8. The number of hydrogen-bond donors (Lipinski definition) is 1. The van der Waals surface area contributed by atoms with Gasteiger partial charge in [-0.2, -0.15) is 0 Å². The van der Waals surface area contributed by atoms with Gasteiger partial charge >= 0.3 is 0 Å². The molecule has 1 aromatic carbocycles. The van der Waals surface area contributed by atoms with Crippen LogP contribution in [0.3, 0.4) is 0 Å². The van der Waals surface area contributed by atoms with Crippen LogP contribution in [0, 0.1) is 0 Å². The third-order valence-electron chi connectivity index (χ3n) is 3.29. The van der Waals surface area contributed by atoms with Gasteiger partial charge in [0.15, 0.2) is 0 Å². The van der Waals surface area contributed by atoms with Gasteiger partial charge in [-0.05, 0) is 24.3 Å². The van der Waals surface area contributed by atoms with Crippen molar-refractivity contribution < 1.29 is 9.47 Å². The highest BCUT2D eigenvalue weighted by molar-refractivity contribution is 5.19. The molecule has 0 radical (unpaired) electrons. The lowest BCUT2D eigenvalue weighted by molar-refractivity contribution is 0.0979. The summed E-state index contributed by atoms with van der Waals surface area (Å²) in [5.41, 5.74) is 1.39. The van der Waals surface area contributed by atoms with Crippen molar-refractivity contribution in [2.24, 2.45) is 0 Å². The molecule has 3 heteroatoms. The molecule has 114 valence electrons. The molecule has 3 nitrogen and oxygen atoms in total.